The van der Waals surface area contributed by atoms with Crippen molar-refractivity contribution in [1.29, 1.82) is 0 Å². The Kier molecular flexibility index (Phi) is 5.49. The third-order valence-corrected chi connectivity index (χ3v) is 4.32. The summed E-state index contributed by atoms with van der Waals surface area (Å²) in [6.07, 6.45) is 0. The zero-order valence-corrected chi connectivity index (χ0v) is 15.8. The minimum atomic E-state index is -0.222. The molecule has 0 saturated heterocycles. The molecule has 0 aliphatic carbocycles. The molecular weight excluding hydrogens is 373 g/mol. The molecule has 0 saturated carbocycles. The zero-order valence-electron chi connectivity index (χ0n) is 14.3. The molecule has 7 heteroatoms. The SMILES string of the molecule is CNC(=O)c1cc(Cl)ccc1NCc1nc(C)c(-c2ccc(Cl)cc2)o1. The lowest BCUT2D eigenvalue weighted by Gasteiger charge is -2.10. The number of carbonyl (C=O) groups excluding carboxylic acids is 1. The summed E-state index contributed by atoms with van der Waals surface area (Å²) >= 11 is 11.9. The zero-order chi connectivity index (χ0) is 18.7. The molecule has 2 aromatic carbocycles. The van der Waals surface area contributed by atoms with Crippen LogP contribution in [-0.4, -0.2) is 17.9 Å². The molecule has 0 unspecified atom stereocenters. The molecule has 0 radical (unpaired) electrons. The lowest BCUT2D eigenvalue weighted by atomic mass is 10.1. The van der Waals surface area contributed by atoms with Crippen molar-refractivity contribution in [3.63, 3.8) is 0 Å². The van der Waals surface area contributed by atoms with Crippen LogP contribution in [0.5, 0.6) is 0 Å². The molecule has 1 heterocycles. The fourth-order valence-electron chi connectivity index (χ4n) is 2.56. The minimum Gasteiger partial charge on any atom is -0.438 e. The molecule has 3 aromatic rings. The van der Waals surface area contributed by atoms with Crippen LogP contribution in [0.2, 0.25) is 10.0 Å². The summed E-state index contributed by atoms with van der Waals surface area (Å²) in [5.41, 5.74) is 2.80. The van der Waals surface area contributed by atoms with Crippen molar-refractivity contribution in [2.75, 3.05) is 12.4 Å². The standard InChI is InChI=1S/C19H17Cl2N3O2/c1-11-18(12-3-5-13(20)6-4-12)26-17(24-11)10-23-16-8-7-14(21)9-15(16)19(25)22-2/h3-9,23H,10H2,1-2H3,(H,22,25). The van der Waals surface area contributed by atoms with Gasteiger partial charge in [-0.3, -0.25) is 4.79 Å². The van der Waals surface area contributed by atoms with Gasteiger partial charge in [0.15, 0.2) is 5.76 Å². The van der Waals surface area contributed by atoms with Crippen LogP contribution < -0.4 is 10.6 Å². The Hall–Kier alpha value is -2.50. The number of nitrogens with zero attached hydrogens (tertiary/aromatic N) is 1. The Morgan fingerprint density at radius 2 is 1.81 bits per heavy atom. The summed E-state index contributed by atoms with van der Waals surface area (Å²) in [6, 6.07) is 12.5. The minimum absolute atomic E-state index is 0.222. The normalized spacial score (nSPS) is 10.6. The molecule has 0 atom stereocenters. The van der Waals surface area contributed by atoms with Gasteiger partial charge in [0.2, 0.25) is 5.89 Å². The van der Waals surface area contributed by atoms with Gasteiger partial charge in [0, 0.05) is 28.3 Å². The number of carbonyl (C=O) groups is 1. The maximum atomic E-state index is 12.0. The molecule has 26 heavy (non-hydrogen) atoms. The molecule has 1 amide bonds. The van der Waals surface area contributed by atoms with Crippen LogP contribution in [0, 0.1) is 6.92 Å². The topological polar surface area (TPSA) is 67.2 Å². The van der Waals surface area contributed by atoms with Gasteiger partial charge in [-0.1, -0.05) is 23.2 Å². The van der Waals surface area contributed by atoms with Gasteiger partial charge in [-0.15, -0.1) is 0 Å². The van der Waals surface area contributed by atoms with E-state index in [2.05, 4.69) is 15.6 Å². The smallest absolute Gasteiger partial charge is 0.253 e. The Bertz CT molecular complexity index is 936. The Balaban J connectivity index is 1.80. The summed E-state index contributed by atoms with van der Waals surface area (Å²) in [5.74, 6) is 0.992. The number of nitrogens with one attached hydrogen (secondary N) is 2. The molecule has 0 spiro atoms. The molecule has 0 aliphatic rings. The third kappa shape index (κ3) is 4.00. The van der Waals surface area contributed by atoms with E-state index in [-0.39, 0.29) is 5.91 Å². The van der Waals surface area contributed by atoms with E-state index in [0.717, 1.165) is 11.3 Å². The highest BCUT2D eigenvalue weighted by molar-refractivity contribution is 6.31. The average Bonchev–Trinajstić information content (AvgIpc) is 3.01. The molecule has 3 rings (SSSR count). The fourth-order valence-corrected chi connectivity index (χ4v) is 2.86. The Morgan fingerprint density at radius 3 is 2.50 bits per heavy atom. The van der Waals surface area contributed by atoms with Crippen LogP contribution in [0.15, 0.2) is 46.9 Å². The van der Waals surface area contributed by atoms with Crippen molar-refractivity contribution < 1.29 is 9.21 Å². The van der Waals surface area contributed by atoms with Crippen LogP contribution in [0.25, 0.3) is 11.3 Å². The predicted molar refractivity (Wildman–Crippen MR) is 104 cm³/mol. The first-order chi connectivity index (χ1) is 12.5. The molecule has 0 fully saturated rings. The van der Waals surface area contributed by atoms with E-state index < -0.39 is 0 Å². The van der Waals surface area contributed by atoms with Crippen molar-refractivity contribution in [3.8, 4) is 11.3 Å². The van der Waals surface area contributed by atoms with Gasteiger partial charge in [-0.05, 0) is 49.4 Å². The summed E-state index contributed by atoms with van der Waals surface area (Å²) in [4.78, 5) is 16.5. The van der Waals surface area contributed by atoms with Crippen molar-refractivity contribution >= 4 is 34.8 Å². The monoisotopic (exact) mass is 389 g/mol. The van der Waals surface area contributed by atoms with Crippen LogP contribution in [-0.2, 0) is 6.54 Å². The van der Waals surface area contributed by atoms with E-state index in [1.807, 2.05) is 19.1 Å². The number of anilines is 1. The van der Waals surface area contributed by atoms with Crippen LogP contribution in [0.1, 0.15) is 21.9 Å². The molecular formula is C19H17Cl2N3O2. The average molecular weight is 390 g/mol. The number of amides is 1. The first kappa shape index (κ1) is 18.3. The Labute approximate surface area is 161 Å². The van der Waals surface area contributed by atoms with Gasteiger partial charge in [0.05, 0.1) is 17.8 Å². The number of oxazole rings is 1. The number of hydrogen-bond donors (Lipinski definition) is 2. The number of benzene rings is 2. The van der Waals surface area contributed by atoms with Crippen LogP contribution in [0.4, 0.5) is 5.69 Å². The molecule has 0 bridgehead atoms. The van der Waals surface area contributed by atoms with Gasteiger partial charge >= 0.3 is 0 Å². The quantitative estimate of drug-likeness (QED) is 0.649. The highest BCUT2D eigenvalue weighted by Gasteiger charge is 2.14. The number of aryl methyl sites for hydroxylation is 1. The van der Waals surface area contributed by atoms with E-state index in [4.69, 9.17) is 27.6 Å². The first-order valence-electron chi connectivity index (χ1n) is 7.95. The second-order valence-corrected chi connectivity index (χ2v) is 6.52. The maximum absolute atomic E-state index is 12.0. The Morgan fingerprint density at radius 1 is 1.12 bits per heavy atom. The van der Waals surface area contributed by atoms with Crippen molar-refractivity contribution in [2.45, 2.75) is 13.5 Å². The van der Waals surface area contributed by atoms with Crippen molar-refractivity contribution in [1.82, 2.24) is 10.3 Å². The summed E-state index contributed by atoms with van der Waals surface area (Å²) in [7, 11) is 1.57. The molecule has 1 aromatic heterocycles. The van der Waals surface area contributed by atoms with Gasteiger partial charge in [-0.2, -0.15) is 0 Å². The number of aromatic nitrogens is 1. The fraction of sp³-hybridized carbons (Fsp3) is 0.158. The molecule has 134 valence electrons. The number of halogens is 2. The van der Waals surface area contributed by atoms with E-state index in [1.54, 1.807) is 37.4 Å². The van der Waals surface area contributed by atoms with E-state index >= 15 is 0 Å². The second kappa shape index (κ2) is 7.81. The van der Waals surface area contributed by atoms with Gasteiger partial charge < -0.3 is 15.1 Å². The molecule has 0 aliphatic heterocycles. The summed E-state index contributed by atoms with van der Waals surface area (Å²) in [6.45, 7) is 2.22. The van der Waals surface area contributed by atoms with Crippen molar-refractivity contribution in [3.05, 3.63) is 69.7 Å². The van der Waals surface area contributed by atoms with Gasteiger partial charge in [-0.25, -0.2) is 4.98 Å². The summed E-state index contributed by atoms with van der Waals surface area (Å²) in [5, 5.41) is 6.93. The van der Waals surface area contributed by atoms with Crippen LogP contribution >= 0.6 is 23.2 Å². The maximum Gasteiger partial charge on any atom is 0.253 e. The lowest BCUT2D eigenvalue weighted by molar-refractivity contribution is 0.0964. The summed E-state index contributed by atoms with van der Waals surface area (Å²) < 4.78 is 5.87. The number of hydrogen-bond acceptors (Lipinski definition) is 4. The van der Waals surface area contributed by atoms with E-state index in [1.165, 1.54) is 0 Å². The largest absolute Gasteiger partial charge is 0.438 e. The molecule has 2 N–H and O–H groups in total. The third-order valence-electron chi connectivity index (χ3n) is 3.83. The van der Waals surface area contributed by atoms with Gasteiger partial charge in [0.25, 0.3) is 5.91 Å². The molecule has 5 nitrogen and oxygen atoms in total. The first-order valence-corrected chi connectivity index (χ1v) is 8.71. The van der Waals surface area contributed by atoms with Crippen molar-refractivity contribution in [2.24, 2.45) is 0 Å². The predicted octanol–water partition coefficient (Wildman–Crippen LogP) is 4.93. The van der Waals surface area contributed by atoms with Gasteiger partial charge in [0.1, 0.15) is 0 Å². The highest BCUT2D eigenvalue weighted by atomic mass is 35.5. The second-order valence-electron chi connectivity index (χ2n) is 5.65. The van der Waals surface area contributed by atoms with Crippen LogP contribution in [0.3, 0.4) is 0 Å². The highest BCUT2D eigenvalue weighted by Crippen LogP contribution is 2.27. The number of rotatable bonds is 5. The van der Waals surface area contributed by atoms with E-state index in [9.17, 15) is 4.79 Å². The van der Waals surface area contributed by atoms with E-state index in [0.29, 0.717) is 39.5 Å². The lowest BCUT2D eigenvalue weighted by Crippen LogP contribution is -2.19.